The van der Waals surface area contributed by atoms with E-state index in [0.29, 0.717) is 107 Å². The summed E-state index contributed by atoms with van der Waals surface area (Å²) in [5.41, 5.74) is 1.33. The maximum atomic E-state index is 12.7. The number of nitrogens with one attached hydrogen (secondary N) is 3. The zero-order chi connectivity index (χ0) is 27.8. The summed E-state index contributed by atoms with van der Waals surface area (Å²) in [7, 11) is 0. The number of rotatable bonds is 23. The molecule has 1 aromatic carbocycles. The van der Waals surface area contributed by atoms with Gasteiger partial charge in [0.25, 0.3) is 11.8 Å². The Balaban J connectivity index is 2.42. The molecule has 0 atom stereocenters. The van der Waals surface area contributed by atoms with Crippen LogP contribution in [0.15, 0.2) is 18.2 Å². The molecule has 0 saturated carbocycles. The number of benzene rings is 1. The van der Waals surface area contributed by atoms with E-state index in [4.69, 9.17) is 35.9 Å². The molecular formula is C27H45N3O7S. The molecule has 0 bridgehead atoms. The van der Waals surface area contributed by atoms with Gasteiger partial charge in [-0.2, -0.15) is 0 Å². The van der Waals surface area contributed by atoms with Crippen LogP contribution in [-0.4, -0.2) is 96.0 Å². The van der Waals surface area contributed by atoms with Crippen LogP contribution in [0.25, 0.3) is 0 Å². The van der Waals surface area contributed by atoms with E-state index in [1.807, 2.05) is 6.92 Å². The molecule has 0 radical (unpaired) electrons. The van der Waals surface area contributed by atoms with Crippen molar-refractivity contribution in [2.75, 3.05) is 84.5 Å². The number of ether oxygens (including phenoxy) is 5. The van der Waals surface area contributed by atoms with Gasteiger partial charge in [0.15, 0.2) is 0 Å². The molecule has 0 aliphatic rings. The number of carbonyl (C=O) groups excluding carboxylic acids is 2. The van der Waals surface area contributed by atoms with E-state index >= 15 is 0 Å². The van der Waals surface area contributed by atoms with Crippen LogP contribution in [-0.2, 0) is 23.7 Å². The molecule has 10 nitrogen and oxygen atoms in total. The number of hydrogen-bond donors (Lipinski definition) is 3. The summed E-state index contributed by atoms with van der Waals surface area (Å²) in [6, 6.07) is 4.92. The summed E-state index contributed by atoms with van der Waals surface area (Å²) in [6.45, 7) is 12.3. The molecule has 38 heavy (non-hydrogen) atoms. The van der Waals surface area contributed by atoms with Crippen LogP contribution in [0.1, 0.15) is 60.7 Å². The smallest absolute Gasteiger partial charge is 0.251 e. The van der Waals surface area contributed by atoms with Crippen LogP contribution in [0.4, 0.5) is 5.69 Å². The van der Waals surface area contributed by atoms with Gasteiger partial charge in [0, 0.05) is 56.3 Å². The first-order valence-electron chi connectivity index (χ1n) is 13.4. The van der Waals surface area contributed by atoms with E-state index in [9.17, 15) is 9.59 Å². The van der Waals surface area contributed by atoms with Crippen molar-refractivity contribution < 1.29 is 33.3 Å². The van der Waals surface area contributed by atoms with Crippen molar-refractivity contribution in [1.29, 1.82) is 0 Å². The van der Waals surface area contributed by atoms with Gasteiger partial charge in [-0.05, 0) is 51.3 Å². The Hall–Kier alpha value is -2.15. The molecule has 0 aliphatic carbocycles. The molecule has 0 saturated heterocycles. The molecule has 3 N–H and O–H groups in total. The standard InChI is InChI=1S/C27H45N3O7S/c1-4-10-34-15-16-35-11-6-8-28-26(31)23-19-24(21-25(20-23)30-22(3)38)27(32)29-9-7-12-36-17-18-37-14-13-33-5-2/h19-21H,4-18H2,1-3H3,(H,28,31)(H,29,32)(H,30,38). The Bertz CT molecular complexity index is 811. The molecule has 1 rings (SSSR count). The SMILES string of the molecule is CCCOCCOCCCNC(=O)c1cc(NC(C)=S)cc(C(=O)NCCCOCCOCCOCC)c1. The number of amides is 2. The van der Waals surface area contributed by atoms with Crippen molar-refractivity contribution >= 4 is 34.7 Å². The molecular weight excluding hydrogens is 510 g/mol. The van der Waals surface area contributed by atoms with Gasteiger partial charge in [0.1, 0.15) is 0 Å². The Morgan fingerprint density at radius 3 is 1.58 bits per heavy atom. The molecule has 1 aromatic rings. The third kappa shape index (κ3) is 17.4. The van der Waals surface area contributed by atoms with Crippen molar-refractivity contribution in [1.82, 2.24) is 10.6 Å². The lowest BCUT2D eigenvalue weighted by molar-refractivity contribution is 0.0166. The van der Waals surface area contributed by atoms with Gasteiger partial charge in [0.2, 0.25) is 0 Å². The van der Waals surface area contributed by atoms with Gasteiger partial charge in [-0.1, -0.05) is 19.1 Å². The first kappa shape index (κ1) is 33.9. The lowest BCUT2D eigenvalue weighted by atomic mass is 10.1. The number of hydrogen-bond acceptors (Lipinski definition) is 8. The fraction of sp³-hybridized carbons (Fsp3) is 0.667. The summed E-state index contributed by atoms with van der Waals surface area (Å²) >= 11 is 5.13. The van der Waals surface area contributed by atoms with Crippen molar-refractivity contribution in [2.24, 2.45) is 0 Å². The summed E-state index contributed by atoms with van der Waals surface area (Å²) < 4.78 is 27.0. The molecule has 11 heteroatoms. The largest absolute Gasteiger partial charge is 0.379 e. The van der Waals surface area contributed by atoms with Gasteiger partial charge in [-0.25, -0.2) is 0 Å². The first-order chi connectivity index (χ1) is 18.5. The normalized spacial score (nSPS) is 10.8. The zero-order valence-corrected chi connectivity index (χ0v) is 23.9. The van der Waals surface area contributed by atoms with Crippen LogP contribution in [0, 0.1) is 0 Å². The maximum Gasteiger partial charge on any atom is 0.251 e. The van der Waals surface area contributed by atoms with Gasteiger partial charge in [-0.15, -0.1) is 0 Å². The summed E-state index contributed by atoms with van der Waals surface area (Å²) in [4.78, 5) is 26.0. The van der Waals surface area contributed by atoms with Gasteiger partial charge < -0.3 is 39.6 Å². The molecule has 0 unspecified atom stereocenters. The fourth-order valence-electron chi connectivity index (χ4n) is 3.17. The molecule has 2 amide bonds. The van der Waals surface area contributed by atoms with Crippen LogP contribution >= 0.6 is 12.2 Å². The Morgan fingerprint density at radius 2 is 1.13 bits per heavy atom. The second kappa shape index (κ2) is 22.8. The molecule has 0 aliphatic heterocycles. The summed E-state index contributed by atoms with van der Waals surface area (Å²) in [6.07, 6.45) is 2.31. The Labute approximate surface area is 232 Å². The molecule has 216 valence electrons. The van der Waals surface area contributed by atoms with E-state index in [1.165, 1.54) is 0 Å². The minimum absolute atomic E-state index is 0.270. The Morgan fingerprint density at radius 1 is 0.684 bits per heavy atom. The lowest BCUT2D eigenvalue weighted by Gasteiger charge is -2.12. The minimum Gasteiger partial charge on any atom is -0.379 e. The highest BCUT2D eigenvalue weighted by Gasteiger charge is 2.13. The fourth-order valence-corrected chi connectivity index (χ4v) is 3.29. The van der Waals surface area contributed by atoms with E-state index in [1.54, 1.807) is 25.1 Å². The topological polar surface area (TPSA) is 116 Å². The zero-order valence-electron chi connectivity index (χ0n) is 23.1. The predicted molar refractivity (Wildman–Crippen MR) is 152 cm³/mol. The molecule has 0 heterocycles. The highest BCUT2D eigenvalue weighted by Crippen LogP contribution is 2.16. The Kier molecular flexibility index (Phi) is 20.3. The predicted octanol–water partition coefficient (Wildman–Crippen LogP) is 3.20. The average molecular weight is 556 g/mol. The van der Waals surface area contributed by atoms with E-state index in [-0.39, 0.29) is 11.8 Å². The van der Waals surface area contributed by atoms with Gasteiger partial charge >= 0.3 is 0 Å². The number of anilines is 1. The van der Waals surface area contributed by atoms with Gasteiger partial charge in [-0.3, -0.25) is 9.59 Å². The summed E-state index contributed by atoms with van der Waals surface area (Å²) in [5, 5.41) is 8.75. The van der Waals surface area contributed by atoms with Crippen molar-refractivity contribution in [3.8, 4) is 0 Å². The third-order valence-electron chi connectivity index (χ3n) is 4.95. The van der Waals surface area contributed by atoms with E-state index in [0.717, 1.165) is 13.0 Å². The average Bonchev–Trinajstić information content (AvgIpc) is 2.90. The number of thiocarbonyl (C=S) groups is 1. The van der Waals surface area contributed by atoms with E-state index < -0.39 is 0 Å². The lowest BCUT2D eigenvalue weighted by Crippen LogP contribution is -2.28. The quantitative estimate of drug-likeness (QED) is 0.138. The first-order valence-corrected chi connectivity index (χ1v) is 13.8. The summed E-state index contributed by atoms with van der Waals surface area (Å²) in [5.74, 6) is -0.546. The third-order valence-corrected chi connectivity index (χ3v) is 5.05. The van der Waals surface area contributed by atoms with Crippen molar-refractivity contribution in [2.45, 2.75) is 40.0 Å². The molecule has 0 aromatic heterocycles. The molecule has 0 spiro atoms. The van der Waals surface area contributed by atoms with Crippen LogP contribution in [0.5, 0.6) is 0 Å². The minimum atomic E-state index is -0.275. The van der Waals surface area contributed by atoms with Gasteiger partial charge in [0.05, 0.1) is 44.6 Å². The number of carbonyl (C=O) groups is 2. The van der Waals surface area contributed by atoms with Crippen LogP contribution in [0.2, 0.25) is 0 Å². The maximum absolute atomic E-state index is 12.7. The second-order valence-corrected chi connectivity index (χ2v) is 8.96. The van der Waals surface area contributed by atoms with E-state index in [2.05, 4.69) is 22.9 Å². The van der Waals surface area contributed by atoms with Crippen molar-refractivity contribution in [3.63, 3.8) is 0 Å². The van der Waals surface area contributed by atoms with Crippen LogP contribution in [0.3, 0.4) is 0 Å². The van der Waals surface area contributed by atoms with Crippen LogP contribution < -0.4 is 16.0 Å². The highest BCUT2D eigenvalue weighted by atomic mass is 32.1. The van der Waals surface area contributed by atoms with Crippen molar-refractivity contribution in [3.05, 3.63) is 29.3 Å². The highest BCUT2D eigenvalue weighted by molar-refractivity contribution is 7.80. The molecule has 0 fully saturated rings. The second-order valence-electron chi connectivity index (χ2n) is 8.35. The monoisotopic (exact) mass is 555 g/mol.